The lowest BCUT2D eigenvalue weighted by atomic mass is 9.98. The zero-order chi connectivity index (χ0) is 16.9. The van der Waals surface area contributed by atoms with Gasteiger partial charge in [-0.3, -0.25) is 4.79 Å². The first-order valence-corrected chi connectivity index (χ1v) is 8.44. The number of hydrogen-bond acceptors (Lipinski definition) is 3. The van der Waals surface area contributed by atoms with E-state index in [1.165, 1.54) is 5.56 Å². The van der Waals surface area contributed by atoms with Crippen molar-refractivity contribution in [3.05, 3.63) is 53.6 Å². The third-order valence-corrected chi connectivity index (χ3v) is 4.35. The maximum Gasteiger partial charge on any atom is 0.228 e. The summed E-state index contributed by atoms with van der Waals surface area (Å²) in [4.78, 5) is 12.2. The lowest BCUT2D eigenvalue weighted by molar-refractivity contribution is -0.115. The van der Waals surface area contributed by atoms with Gasteiger partial charge in [-0.2, -0.15) is 0 Å². The van der Waals surface area contributed by atoms with E-state index in [1.54, 1.807) is 0 Å². The minimum atomic E-state index is -0.0389. The highest BCUT2D eigenvalue weighted by atomic mass is 16.6. The third-order valence-electron chi connectivity index (χ3n) is 4.35. The maximum absolute atomic E-state index is 12.2. The third kappa shape index (κ3) is 3.88. The number of fused-ring (bicyclic) bond motifs is 1. The van der Waals surface area contributed by atoms with Gasteiger partial charge < -0.3 is 14.8 Å². The van der Waals surface area contributed by atoms with Crippen molar-refractivity contribution in [3.63, 3.8) is 0 Å². The van der Waals surface area contributed by atoms with Crippen LogP contribution >= 0.6 is 0 Å². The van der Waals surface area contributed by atoms with Crippen LogP contribution in [0.1, 0.15) is 37.3 Å². The van der Waals surface area contributed by atoms with E-state index in [9.17, 15) is 4.79 Å². The first kappa shape index (κ1) is 16.4. The summed E-state index contributed by atoms with van der Waals surface area (Å²) < 4.78 is 11.0. The molecule has 0 fully saturated rings. The van der Waals surface area contributed by atoms with Crippen molar-refractivity contribution in [1.82, 2.24) is 0 Å². The molecule has 24 heavy (non-hydrogen) atoms. The molecule has 0 unspecified atom stereocenters. The lowest BCUT2D eigenvalue weighted by Crippen LogP contribution is -2.17. The Morgan fingerprint density at radius 2 is 1.79 bits per heavy atom. The molecule has 2 aromatic rings. The molecule has 3 rings (SSSR count). The van der Waals surface area contributed by atoms with Crippen molar-refractivity contribution >= 4 is 11.6 Å². The van der Waals surface area contributed by atoms with Crippen molar-refractivity contribution in [2.45, 2.75) is 32.6 Å². The van der Waals surface area contributed by atoms with Gasteiger partial charge in [0.05, 0.1) is 6.42 Å². The van der Waals surface area contributed by atoms with Gasteiger partial charge in [0.15, 0.2) is 11.5 Å². The van der Waals surface area contributed by atoms with Crippen molar-refractivity contribution in [3.8, 4) is 11.5 Å². The van der Waals surface area contributed by atoms with Gasteiger partial charge in [-0.05, 0) is 47.7 Å². The van der Waals surface area contributed by atoms with Gasteiger partial charge in [-0.15, -0.1) is 0 Å². The van der Waals surface area contributed by atoms with Crippen LogP contribution in [0.25, 0.3) is 0 Å². The summed E-state index contributed by atoms with van der Waals surface area (Å²) in [5.41, 5.74) is 3.03. The molecular weight excluding hydrogens is 302 g/mol. The zero-order valence-electron chi connectivity index (χ0n) is 14.2. The van der Waals surface area contributed by atoms with Gasteiger partial charge in [0.1, 0.15) is 13.2 Å². The maximum atomic E-state index is 12.2. The van der Waals surface area contributed by atoms with Gasteiger partial charge in [0.2, 0.25) is 5.91 Å². The molecule has 0 radical (unpaired) electrons. The molecule has 1 heterocycles. The Labute approximate surface area is 142 Å². The van der Waals surface area contributed by atoms with Crippen LogP contribution in [0.15, 0.2) is 42.5 Å². The largest absolute Gasteiger partial charge is 0.486 e. The van der Waals surface area contributed by atoms with Crippen LogP contribution in [0.3, 0.4) is 0 Å². The molecule has 0 aromatic heterocycles. The first-order valence-electron chi connectivity index (χ1n) is 8.44. The Morgan fingerprint density at radius 3 is 2.50 bits per heavy atom. The summed E-state index contributed by atoms with van der Waals surface area (Å²) >= 11 is 0. The van der Waals surface area contributed by atoms with E-state index in [2.05, 4.69) is 31.3 Å². The standard InChI is InChI=1S/C20H23NO3/c1-3-14(2)16-5-7-17(8-6-16)21-20(22)13-15-4-9-18-19(12-15)24-11-10-23-18/h4-9,12,14H,3,10-11,13H2,1-2H3,(H,21,22)/t14-/m1/s1. The molecule has 1 atom stereocenters. The molecule has 1 amide bonds. The minimum Gasteiger partial charge on any atom is -0.486 e. The SMILES string of the molecule is CC[C@@H](C)c1ccc(NC(=O)Cc2ccc3c(c2)OCCO3)cc1. The number of benzene rings is 2. The predicted octanol–water partition coefficient (Wildman–Crippen LogP) is 4.15. The minimum absolute atomic E-state index is 0.0389. The van der Waals surface area contributed by atoms with Gasteiger partial charge in [0.25, 0.3) is 0 Å². The van der Waals surface area contributed by atoms with Crippen molar-refractivity contribution in [2.24, 2.45) is 0 Å². The smallest absolute Gasteiger partial charge is 0.228 e. The molecule has 1 N–H and O–H groups in total. The molecule has 0 spiro atoms. The fraction of sp³-hybridized carbons (Fsp3) is 0.350. The zero-order valence-corrected chi connectivity index (χ0v) is 14.2. The van der Waals surface area contributed by atoms with E-state index in [0.717, 1.165) is 23.4 Å². The summed E-state index contributed by atoms with van der Waals surface area (Å²) in [6.45, 7) is 5.49. The lowest BCUT2D eigenvalue weighted by Gasteiger charge is -2.18. The number of amides is 1. The predicted molar refractivity (Wildman–Crippen MR) is 94.9 cm³/mol. The molecule has 0 saturated heterocycles. The van der Waals surface area contributed by atoms with Crippen LogP contribution in [0.2, 0.25) is 0 Å². The van der Waals surface area contributed by atoms with Crippen LogP contribution in [0.4, 0.5) is 5.69 Å². The summed E-state index contributed by atoms with van der Waals surface area (Å²) in [5, 5.41) is 2.94. The highest BCUT2D eigenvalue weighted by molar-refractivity contribution is 5.92. The molecule has 1 aliphatic heterocycles. The number of rotatable bonds is 5. The number of carbonyl (C=O) groups is 1. The summed E-state index contributed by atoms with van der Waals surface area (Å²) in [7, 11) is 0. The first-order chi connectivity index (χ1) is 11.7. The fourth-order valence-corrected chi connectivity index (χ4v) is 2.72. The van der Waals surface area contributed by atoms with Crippen LogP contribution < -0.4 is 14.8 Å². The fourth-order valence-electron chi connectivity index (χ4n) is 2.72. The number of hydrogen-bond donors (Lipinski definition) is 1. The van der Waals surface area contributed by atoms with E-state index < -0.39 is 0 Å². The van der Waals surface area contributed by atoms with Gasteiger partial charge in [-0.1, -0.05) is 32.0 Å². The molecule has 126 valence electrons. The number of carbonyl (C=O) groups excluding carboxylic acids is 1. The van der Waals surface area contributed by atoms with Crippen LogP contribution in [0, 0.1) is 0 Å². The van der Waals surface area contributed by atoms with Crippen molar-refractivity contribution < 1.29 is 14.3 Å². The van der Waals surface area contributed by atoms with E-state index >= 15 is 0 Å². The van der Waals surface area contributed by atoms with Gasteiger partial charge in [-0.25, -0.2) is 0 Å². The molecule has 4 heteroatoms. The average molecular weight is 325 g/mol. The number of anilines is 1. The van der Waals surface area contributed by atoms with Crippen LogP contribution in [-0.2, 0) is 11.2 Å². The summed E-state index contributed by atoms with van der Waals surface area (Å²) in [6.07, 6.45) is 1.42. The Kier molecular flexibility index (Phi) is 5.04. The Morgan fingerprint density at radius 1 is 1.08 bits per heavy atom. The second-order valence-electron chi connectivity index (χ2n) is 6.13. The second-order valence-corrected chi connectivity index (χ2v) is 6.13. The molecule has 4 nitrogen and oxygen atoms in total. The topological polar surface area (TPSA) is 47.6 Å². The Hall–Kier alpha value is -2.49. The molecular formula is C20H23NO3. The average Bonchev–Trinajstić information content (AvgIpc) is 2.61. The molecule has 0 saturated carbocycles. The van der Waals surface area contributed by atoms with Crippen molar-refractivity contribution in [1.29, 1.82) is 0 Å². The quantitative estimate of drug-likeness (QED) is 0.898. The normalized spacial score (nSPS) is 14.1. The Bertz CT molecular complexity index is 709. The molecule has 2 aromatic carbocycles. The summed E-state index contributed by atoms with van der Waals surface area (Å²) in [6, 6.07) is 13.7. The van der Waals surface area contributed by atoms with E-state index in [0.29, 0.717) is 31.3 Å². The summed E-state index contributed by atoms with van der Waals surface area (Å²) in [5.74, 6) is 1.95. The monoisotopic (exact) mass is 325 g/mol. The van der Waals surface area contributed by atoms with Gasteiger partial charge >= 0.3 is 0 Å². The second kappa shape index (κ2) is 7.39. The highest BCUT2D eigenvalue weighted by Gasteiger charge is 2.13. The molecule has 1 aliphatic rings. The molecule has 0 bridgehead atoms. The Balaban J connectivity index is 1.61. The van der Waals surface area contributed by atoms with Crippen LogP contribution in [-0.4, -0.2) is 19.1 Å². The highest BCUT2D eigenvalue weighted by Crippen LogP contribution is 2.31. The number of nitrogens with one attached hydrogen (secondary N) is 1. The van der Waals surface area contributed by atoms with E-state index in [-0.39, 0.29) is 5.91 Å². The van der Waals surface area contributed by atoms with Gasteiger partial charge in [0, 0.05) is 5.69 Å². The van der Waals surface area contributed by atoms with E-state index in [1.807, 2.05) is 30.3 Å². The molecule has 0 aliphatic carbocycles. The number of ether oxygens (including phenoxy) is 2. The van der Waals surface area contributed by atoms with Crippen molar-refractivity contribution in [2.75, 3.05) is 18.5 Å². The van der Waals surface area contributed by atoms with E-state index in [4.69, 9.17) is 9.47 Å². The van der Waals surface area contributed by atoms with Crippen LogP contribution in [0.5, 0.6) is 11.5 Å².